The second-order valence-corrected chi connectivity index (χ2v) is 6.21. The standard InChI is InChI=1S/C17H26N2/c1-14-3-2-4-16(13-14)15-5-7-17(8-6-15)19-11-9-18-10-12-19/h2-4,13,15,17-18H,5-12H2,1H3. The number of hydrogen-bond acceptors (Lipinski definition) is 2. The molecule has 0 spiro atoms. The van der Waals surface area contributed by atoms with Crippen LogP contribution in [0.3, 0.4) is 0 Å². The third-order valence-electron chi connectivity index (χ3n) is 4.88. The molecule has 1 N–H and O–H groups in total. The van der Waals surface area contributed by atoms with E-state index in [0.29, 0.717) is 0 Å². The van der Waals surface area contributed by atoms with Crippen molar-refractivity contribution >= 4 is 0 Å². The summed E-state index contributed by atoms with van der Waals surface area (Å²) in [5, 5.41) is 3.45. The smallest absolute Gasteiger partial charge is 0.0110 e. The van der Waals surface area contributed by atoms with Gasteiger partial charge < -0.3 is 5.32 Å². The maximum absolute atomic E-state index is 3.45. The number of nitrogens with zero attached hydrogens (tertiary/aromatic N) is 1. The molecule has 2 nitrogen and oxygen atoms in total. The molecule has 0 bridgehead atoms. The lowest BCUT2D eigenvalue weighted by Crippen LogP contribution is -2.49. The van der Waals surface area contributed by atoms with Crippen molar-refractivity contribution in [1.29, 1.82) is 0 Å². The fraction of sp³-hybridized carbons (Fsp3) is 0.647. The Kier molecular flexibility index (Phi) is 4.19. The van der Waals surface area contributed by atoms with Crippen molar-refractivity contribution in [3.05, 3.63) is 35.4 Å². The molecule has 3 rings (SSSR count). The first-order valence-corrected chi connectivity index (χ1v) is 7.84. The van der Waals surface area contributed by atoms with Gasteiger partial charge in [-0.3, -0.25) is 4.90 Å². The van der Waals surface area contributed by atoms with Crippen LogP contribution >= 0.6 is 0 Å². The first-order valence-electron chi connectivity index (χ1n) is 7.84. The van der Waals surface area contributed by atoms with Crippen LogP contribution in [0.15, 0.2) is 24.3 Å². The molecule has 2 aliphatic rings. The summed E-state index contributed by atoms with van der Waals surface area (Å²) in [6.07, 6.45) is 5.52. The highest BCUT2D eigenvalue weighted by atomic mass is 15.2. The van der Waals surface area contributed by atoms with E-state index in [2.05, 4.69) is 41.4 Å². The van der Waals surface area contributed by atoms with Gasteiger partial charge in [0.2, 0.25) is 0 Å². The van der Waals surface area contributed by atoms with E-state index < -0.39 is 0 Å². The fourth-order valence-electron chi connectivity index (χ4n) is 3.75. The maximum Gasteiger partial charge on any atom is 0.0110 e. The summed E-state index contributed by atoms with van der Waals surface area (Å²) in [7, 11) is 0. The van der Waals surface area contributed by atoms with Gasteiger partial charge in [-0.15, -0.1) is 0 Å². The normalized spacial score (nSPS) is 29.3. The van der Waals surface area contributed by atoms with Gasteiger partial charge >= 0.3 is 0 Å². The van der Waals surface area contributed by atoms with Crippen LogP contribution in [0.2, 0.25) is 0 Å². The van der Waals surface area contributed by atoms with Crippen molar-refractivity contribution in [2.75, 3.05) is 26.2 Å². The number of hydrogen-bond donors (Lipinski definition) is 1. The van der Waals surface area contributed by atoms with Crippen molar-refractivity contribution < 1.29 is 0 Å². The van der Waals surface area contributed by atoms with E-state index in [4.69, 9.17) is 0 Å². The highest BCUT2D eigenvalue weighted by Crippen LogP contribution is 2.35. The lowest BCUT2D eigenvalue weighted by atomic mass is 9.81. The minimum absolute atomic E-state index is 0.805. The predicted octanol–water partition coefficient (Wildman–Crippen LogP) is 2.93. The quantitative estimate of drug-likeness (QED) is 0.877. The second-order valence-electron chi connectivity index (χ2n) is 6.21. The SMILES string of the molecule is Cc1cccc(C2CCC(N3CCNCC3)CC2)c1. The fourth-order valence-corrected chi connectivity index (χ4v) is 3.75. The molecule has 1 aliphatic carbocycles. The average molecular weight is 258 g/mol. The molecular weight excluding hydrogens is 232 g/mol. The molecule has 1 aromatic rings. The Morgan fingerprint density at radius 1 is 1.05 bits per heavy atom. The first kappa shape index (κ1) is 13.1. The van der Waals surface area contributed by atoms with E-state index in [1.54, 1.807) is 5.56 Å². The van der Waals surface area contributed by atoms with Crippen molar-refractivity contribution in [1.82, 2.24) is 10.2 Å². The second kappa shape index (κ2) is 6.06. The van der Waals surface area contributed by atoms with Crippen LogP contribution in [-0.2, 0) is 0 Å². The Morgan fingerprint density at radius 2 is 1.79 bits per heavy atom. The predicted molar refractivity (Wildman–Crippen MR) is 80.6 cm³/mol. The zero-order valence-corrected chi connectivity index (χ0v) is 12.1. The molecule has 1 aromatic carbocycles. The zero-order valence-electron chi connectivity index (χ0n) is 12.1. The van der Waals surface area contributed by atoms with E-state index in [1.165, 1.54) is 57.4 Å². The summed E-state index contributed by atoms with van der Waals surface area (Å²) in [5.41, 5.74) is 2.97. The van der Waals surface area contributed by atoms with Crippen LogP contribution in [0.5, 0.6) is 0 Å². The van der Waals surface area contributed by atoms with Gasteiger partial charge in [-0.05, 0) is 44.1 Å². The Morgan fingerprint density at radius 3 is 2.47 bits per heavy atom. The molecule has 0 radical (unpaired) electrons. The molecule has 1 aliphatic heterocycles. The third kappa shape index (κ3) is 3.18. The molecule has 2 heteroatoms. The first-order chi connectivity index (χ1) is 9.33. The molecule has 0 unspecified atom stereocenters. The number of piperazine rings is 1. The van der Waals surface area contributed by atoms with Gasteiger partial charge in [-0.1, -0.05) is 29.8 Å². The van der Waals surface area contributed by atoms with Gasteiger partial charge in [0.15, 0.2) is 0 Å². The van der Waals surface area contributed by atoms with Gasteiger partial charge in [-0.25, -0.2) is 0 Å². The lowest BCUT2D eigenvalue weighted by molar-refractivity contribution is 0.133. The molecule has 19 heavy (non-hydrogen) atoms. The van der Waals surface area contributed by atoms with Gasteiger partial charge in [0.1, 0.15) is 0 Å². The topological polar surface area (TPSA) is 15.3 Å². The summed E-state index contributed by atoms with van der Waals surface area (Å²) in [6, 6.07) is 9.98. The van der Waals surface area contributed by atoms with Crippen LogP contribution in [0.25, 0.3) is 0 Å². The summed E-state index contributed by atoms with van der Waals surface area (Å²) >= 11 is 0. The average Bonchev–Trinajstić information content (AvgIpc) is 2.48. The minimum Gasteiger partial charge on any atom is -0.314 e. The van der Waals surface area contributed by atoms with E-state index in [-0.39, 0.29) is 0 Å². The van der Waals surface area contributed by atoms with Crippen LogP contribution in [0.1, 0.15) is 42.7 Å². The van der Waals surface area contributed by atoms with Crippen molar-refractivity contribution in [2.24, 2.45) is 0 Å². The van der Waals surface area contributed by atoms with Gasteiger partial charge in [-0.2, -0.15) is 0 Å². The Labute approximate surface area is 117 Å². The Bertz CT molecular complexity index is 401. The van der Waals surface area contributed by atoms with E-state index in [9.17, 15) is 0 Å². The van der Waals surface area contributed by atoms with E-state index >= 15 is 0 Å². The molecule has 1 saturated heterocycles. The number of benzene rings is 1. The monoisotopic (exact) mass is 258 g/mol. The molecule has 0 amide bonds. The van der Waals surface area contributed by atoms with Crippen molar-refractivity contribution in [3.8, 4) is 0 Å². The number of aryl methyl sites for hydroxylation is 1. The molecule has 0 aromatic heterocycles. The van der Waals surface area contributed by atoms with E-state index in [1.807, 2.05) is 0 Å². The lowest BCUT2D eigenvalue weighted by Gasteiger charge is -2.39. The largest absolute Gasteiger partial charge is 0.314 e. The van der Waals surface area contributed by atoms with Gasteiger partial charge in [0.05, 0.1) is 0 Å². The van der Waals surface area contributed by atoms with Gasteiger partial charge in [0, 0.05) is 32.2 Å². The number of rotatable bonds is 2. The Balaban J connectivity index is 1.57. The van der Waals surface area contributed by atoms with Crippen LogP contribution in [0.4, 0.5) is 0 Å². The summed E-state index contributed by atoms with van der Waals surface area (Å²) in [5.74, 6) is 0.805. The van der Waals surface area contributed by atoms with Gasteiger partial charge in [0.25, 0.3) is 0 Å². The highest BCUT2D eigenvalue weighted by molar-refractivity contribution is 5.25. The molecular formula is C17H26N2. The molecule has 2 fully saturated rings. The summed E-state index contributed by atoms with van der Waals surface area (Å²) < 4.78 is 0. The van der Waals surface area contributed by atoms with Crippen LogP contribution in [-0.4, -0.2) is 37.1 Å². The molecule has 1 heterocycles. The summed E-state index contributed by atoms with van der Waals surface area (Å²) in [4.78, 5) is 2.71. The zero-order chi connectivity index (χ0) is 13.1. The minimum atomic E-state index is 0.805. The van der Waals surface area contributed by atoms with Crippen LogP contribution in [0, 0.1) is 6.92 Å². The number of nitrogens with one attached hydrogen (secondary N) is 1. The van der Waals surface area contributed by atoms with Crippen molar-refractivity contribution in [2.45, 2.75) is 44.6 Å². The molecule has 0 atom stereocenters. The maximum atomic E-state index is 3.45. The van der Waals surface area contributed by atoms with Crippen LogP contribution < -0.4 is 5.32 Å². The van der Waals surface area contributed by atoms with Crippen molar-refractivity contribution in [3.63, 3.8) is 0 Å². The third-order valence-corrected chi connectivity index (χ3v) is 4.88. The highest BCUT2D eigenvalue weighted by Gasteiger charge is 2.27. The molecule has 1 saturated carbocycles. The molecule has 104 valence electrons. The van der Waals surface area contributed by atoms with E-state index in [0.717, 1.165) is 12.0 Å². The summed E-state index contributed by atoms with van der Waals surface area (Å²) in [6.45, 7) is 7.06. The Hall–Kier alpha value is -0.860.